The highest BCUT2D eigenvalue weighted by molar-refractivity contribution is 7.22. The van der Waals surface area contributed by atoms with E-state index in [2.05, 4.69) is 48.1 Å². The van der Waals surface area contributed by atoms with Crippen molar-refractivity contribution in [3.63, 3.8) is 0 Å². The maximum Gasteiger partial charge on any atom is 0.186 e. The van der Waals surface area contributed by atoms with Crippen LogP contribution in [0.15, 0.2) is 42.7 Å². The van der Waals surface area contributed by atoms with Crippen LogP contribution in [0.4, 0.5) is 5.13 Å². The van der Waals surface area contributed by atoms with Gasteiger partial charge in [0.05, 0.1) is 10.2 Å². The number of benzene rings is 1. The van der Waals surface area contributed by atoms with Gasteiger partial charge in [0.15, 0.2) is 5.13 Å². The molecule has 2 aromatic heterocycles. The molecule has 0 unspecified atom stereocenters. The lowest BCUT2D eigenvalue weighted by molar-refractivity contribution is 0.910. The highest BCUT2D eigenvalue weighted by Gasteiger charge is 2.09. The van der Waals surface area contributed by atoms with E-state index >= 15 is 0 Å². The molecule has 0 aliphatic carbocycles. The van der Waals surface area contributed by atoms with E-state index in [1.165, 1.54) is 15.8 Å². The first-order valence-electron chi connectivity index (χ1n) is 6.19. The van der Waals surface area contributed by atoms with Gasteiger partial charge >= 0.3 is 0 Å². The second-order valence-corrected chi connectivity index (χ2v) is 5.69. The van der Waals surface area contributed by atoms with Crippen LogP contribution < -0.4 is 4.90 Å². The minimum Gasteiger partial charge on any atom is -0.347 e. The average Bonchev–Trinajstić information content (AvgIpc) is 2.83. The highest BCUT2D eigenvalue weighted by Crippen LogP contribution is 2.29. The Balaban J connectivity index is 1.87. The van der Waals surface area contributed by atoms with E-state index in [4.69, 9.17) is 4.98 Å². The van der Waals surface area contributed by atoms with Crippen molar-refractivity contribution in [2.24, 2.45) is 0 Å². The van der Waals surface area contributed by atoms with E-state index in [1.54, 1.807) is 17.5 Å². The molecular weight excluding hydrogens is 254 g/mol. The first-order chi connectivity index (χ1) is 9.22. The van der Waals surface area contributed by atoms with E-state index in [0.717, 1.165) is 17.2 Å². The zero-order chi connectivity index (χ0) is 13.2. The predicted octanol–water partition coefficient (Wildman–Crippen LogP) is 3.64. The molecule has 0 atom stereocenters. The molecule has 1 aromatic carbocycles. The molecule has 3 rings (SSSR count). The van der Waals surface area contributed by atoms with Crippen molar-refractivity contribution >= 4 is 26.7 Å². The molecule has 0 bridgehead atoms. The Morgan fingerprint density at radius 2 is 2.16 bits per heavy atom. The lowest BCUT2D eigenvalue weighted by Crippen LogP contribution is -2.15. The summed E-state index contributed by atoms with van der Waals surface area (Å²) in [5, 5.41) is 1.05. The van der Waals surface area contributed by atoms with E-state index in [-0.39, 0.29) is 0 Å². The summed E-state index contributed by atoms with van der Waals surface area (Å²) in [5.41, 5.74) is 3.53. The molecule has 2 heterocycles. The minimum absolute atomic E-state index is 0.826. The molecule has 4 heteroatoms. The third kappa shape index (κ3) is 2.58. The normalized spacial score (nSPS) is 10.8. The average molecular weight is 269 g/mol. The fourth-order valence-electron chi connectivity index (χ4n) is 2.02. The van der Waals surface area contributed by atoms with E-state index in [9.17, 15) is 0 Å². The second-order valence-electron chi connectivity index (χ2n) is 4.68. The summed E-state index contributed by atoms with van der Waals surface area (Å²) in [6.45, 7) is 2.92. The van der Waals surface area contributed by atoms with Crippen LogP contribution in [0.1, 0.15) is 11.1 Å². The van der Waals surface area contributed by atoms with Crippen LogP contribution in [0, 0.1) is 6.92 Å². The molecule has 0 N–H and O–H groups in total. The summed E-state index contributed by atoms with van der Waals surface area (Å²) in [6, 6.07) is 10.5. The SMILES string of the molecule is Cc1ccc2sc(N(C)Cc3cccnc3)nc2c1. The zero-order valence-corrected chi connectivity index (χ0v) is 11.8. The van der Waals surface area contributed by atoms with Gasteiger partial charge in [0.25, 0.3) is 0 Å². The number of pyridine rings is 1. The van der Waals surface area contributed by atoms with Gasteiger partial charge in [-0.2, -0.15) is 0 Å². The summed E-state index contributed by atoms with van der Waals surface area (Å²) >= 11 is 1.73. The summed E-state index contributed by atoms with van der Waals surface area (Å²) in [7, 11) is 2.07. The van der Waals surface area contributed by atoms with Gasteiger partial charge in [0.1, 0.15) is 0 Å². The lowest BCUT2D eigenvalue weighted by Gasteiger charge is -2.14. The summed E-state index contributed by atoms with van der Waals surface area (Å²) in [4.78, 5) is 11.0. The molecule has 96 valence electrons. The minimum atomic E-state index is 0.826. The van der Waals surface area contributed by atoms with Crippen LogP contribution in [-0.2, 0) is 6.54 Å². The molecule has 0 aliphatic rings. The summed E-state index contributed by atoms with van der Waals surface area (Å²) in [6.07, 6.45) is 3.69. The summed E-state index contributed by atoms with van der Waals surface area (Å²) in [5.74, 6) is 0. The molecule has 0 radical (unpaired) electrons. The number of thiazole rings is 1. The van der Waals surface area contributed by atoms with Crippen molar-refractivity contribution in [3.05, 3.63) is 53.9 Å². The Morgan fingerprint density at radius 3 is 2.95 bits per heavy atom. The molecule has 0 fully saturated rings. The number of hydrogen-bond donors (Lipinski definition) is 0. The van der Waals surface area contributed by atoms with Crippen LogP contribution in [0.2, 0.25) is 0 Å². The number of rotatable bonds is 3. The lowest BCUT2D eigenvalue weighted by atomic mass is 10.2. The molecule has 3 aromatic rings. The Morgan fingerprint density at radius 1 is 1.26 bits per heavy atom. The van der Waals surface area contributed by atoms with E-state index in [0.29, 0.717) is 0 Å². The fraction of sp³-hybridized carbons (Fsp3) is 0.200. The fourth-order valence-corrected chi connectivity index (χ4v) is 2.93. The Labute approximate surface area is 116 Å². The van der Waals surface area contributed by atoms with Crippen LogP contribution in [0.3, 0.4) is 0 Å². The van der Waals surface area contributed by atoms with Crippen LogP contribution in [0.5, 0.6) is 0 Å². The van der Waals surface area contributed by atoms with Gasteiger partial charge in [-0.15, -0.1) is 0 Å². The van der Waals surface area contributed by atoms with E-state index in [1.807, 2.05) is 12.3 Å². The van der Waals surface area contributed by atoms with Gasteiger partial charge < -0.3 is 4.90 Å². The summed E-state index contributed by atoms with van der Waals surface area (Å²) < 4.78 is 1.23. The quantitative estimate of drug-likeness (QED) is 0.727. The van der Waals surface area contributed by atoms with Gasteiger partial charge in [-0.1, -0.05) is 23.5 Å². The highest BCUT2D eigenvalue weighted by atomic mass is 32.1. The van der Waals surface area contributed by atoms with Gasteiger partial charge in [0, 0.05) is 26.0 Å². The Hall–Kier alpha value is -1.94. The van der Waals surface area contributed by atoms with Gasteiger partial charge in [-0.3, -0.25) is 4.98 Å². The third-order valence-corrected chi connectivity index (χ3v) is 4.15. The van der Waals surface area contributed by atoms with Crippen molar-refractivity contribution < 1.29 is 0 Å². The topological polar surface area (TPSA) is 29.0 Å². The molecule has 0 amide bonds. The molecule has 0 saturated carbocycles. The number of aromatic nitrogens is 2. The second kappa shape index (κ2) is 4.97. The van der Waals surface area contributed by atoms with Crippen LogP contribution >= 0.6 is 11.3 Å². The van der Waals surface area contributed by atoms with Crippen LogP contribution in [0.25, 0.3) is 10.2 Å². The van der Waals surface area contributed by atoms with Crippen molar-refractivity contribution in [3.8, 4) is 0 Å². The number of aryl methyl sites for hydroxylation is 1. The van der Waals surface area contributed by atoms with Crippen LogP contribution in [-0.4, -0.2) is 17.0 Å². The maximum atomic E-state index is 4.69. The number of hydrogen-bond acceptors (Lipinski definition) is 4. The van der Waals surface area contributed by atoms with E-state index < -0.39 is 0 Å². The first kappa shape index (κ1) is 12.1. The predicted molar refractivity (Wildman–Crippen MR) is 80.7 cm³/mol. The third-order valence-electron chi connectivity index (χ3n) is 3.00. The largest absolute Gasteiger partial charge is 0.347 e. The van der Waals surface area contributed by atoms with Gasteiger partial charge in [-0.25, -0.2) is 4.98 Å². The molecule has 3 nitrogen and oxygen atoms in total. The van der Waals surface area contributed by atoms with Crippen molar-refractivity contribution in [1.82, 2.24) is 9.97 Å². The van der Waals surface area contributed by atoms with Gasteiger partial charge in [-0.05, 0) is 36.2 Å². The Kier molecular flexibility index (Phi) is 3.17. The molecule has 0 spiro atoms. The monoisotopic (exact) mass is 269 g/mol. The van der Waals surface area contributed by atoms with Crippen molar-refractivity contribution in [2.75, 3.05) is 11.9 Å². The number of fused-ring (bicyclic) bond motifs is 1. The van der Waals surface area contributed by atoms with Crippen molar-refractivity contribution in [1.29, 1.82) is 0 Å². The molecule has 0 saturated heterocycles. The number of anilines is 1. The number of nitrogens with zero attached hydrogens (tertiary/aromatic N) is 3. The Bertz CT molecular complexity index is 691. The first-order valence-corrected chi connectivity index (χ1v) is 7.01. The maximum absolute atomic E-state index is 4.69. The van der Waals surface area contributed by atoms with Gasteiger partial charge in [0.2, 0.25) is 0 Å². The molecule has 0 aliphatic heterocycles. The molecular formula is C15H15N3S. The zero-order valence-electron chi connectivity index (χ0n) is 11.0. The van der Waals surface area contributed by atoms with Crippen molar-refractivity contribution in [2.45, 2.75) is 13.5 Å². The molecule has 19 heavy (non-hydrogen) atoms. The smallest absolute Gasteiger partial charge is 0.186 e. The standard InChI is InChI=1S/C15H15N3S/c1-11-5-6-14-13(8-11)17-15(19-14)18(2)10-12-4-3-7-16-9-12/h3-9H,10H2,1-2H3.